The van der Waals surface area contributed by atoms with Gasteiger partial charge in [-0.3, -0.25) is 9.89 Å². The lowest BCUT2D eigenvalue weighted by atomic mass is 10.1. The fourth-order valence-corrected chi connectivity index (χ4v) is 5.62. The van der Waals surface area contributed by atoms with Gasteiger partial charge in [0.1, 0.15) is 4.90 Å². The van der Waals surface area contributed by atoms with E-state index in [-0.39, 0.29) is 22.4 Å². The van der Waals surface area contributed by atoms with Gasteiger partial charge in [-0.25, -0.2) is 13.4 Å². The number of hydrogen-bond acceptors (Lipinski definition) is 5. The number of nitrogens with one attached hydrogen (secondary N) is 1. The highest BCUT2D eigenvalue weighted by molar-refractivity contribution is 7.89. The number of benzene rings is 2. The van der Waals surface area contributed by atoms with Crippen molar-refractivity contribution in [1.29, 1.82) is 0 Å². The summed E-state index contributed by atoms with van der Waals surface area (Å²) < 4.78 is 27.2. The van der Waals surface area contributed by atoms with Gasteiger partial charge in [0.15, 0.2) is 11.6 Å². The topological polar surface area (TPSA) is 99.3 Å². The van der Waals surface area contributed by atoms with E-state index in [9.17, 15) is 13.2 Å². The lowest BCUT2D eigenvalue weighted by Crippen LogP contribution is -2.34. The standard InChI is InChI=1S/C22H21Cl2N5O3S/c1-28(2)22(30)16-8-7-15(13-18(16)24)21-25-20(26-27-21)14-9-11-29(12-10-14)33(31,32)19-6-4-3-5-17(19)23/h3-9,13H,10-12H2,1-2H3,(H,25,26,27). The molecular weight excluding hydrogens is 485 g/mol. The van der Waals surface area contributed by atoms with Crippen molar-refractivity contribution in [3.63, 3.8) is 0 Å². The predicted octanol–water partition coefficient (Wildman–Crippen LogP) is 3.96. The minimum atomic E-state index is -3.69. The molecule has 4 rings (SSSR count). The molecule has 2 aromatic carbocycles. The normalized spacial score (nSPS) is 14.7. The average molecular weight is 506 g/mol. The average Bonchev–Trinajstić information content (AvgIpc) is 3.29. The number of H-pyrrole nitrogens is 1. The fraction of sp³-hybridized carbons (Fsp3) is 0.227. The van der Waals surface area contributed by atoms with E-state index in [0.717, 1.165) is 5.57 Å². The van der Waals surface area contributed by atoms with Crippen molar-refractivity contribution in [1.82, 2.24) is 24.4 Å². The van der Waals surface area contributed by atoms with Gasteiger partial charge in [0, 0.05) is 32.7 Å². The van der Waals surface area contributed by atoms with Crippen LogP contribution in [0.5, 0.6) is 0 Å². The Balaban J connectivity index is 1.52. The number of halogens is 2. The Morgan fingerprint density at radius 1 is 1.12 bits per heavy atom. The van der Waals surface area contributed by atoms with Crippen LogP contribution in [0.15, 0.2) is 53.4 Å². The number of nitrogens with zero attached hydrogens (tertiary/aromatic N) is 4. The van der Waals surface area contributed by atoms with Gasteiger partial charge in [-0.1, -0.05) is 47.5 Å². The molecule has 0 fully saturated rings. The lowest BCUT2D eigenvalue weighted by Gasteiger charge is -2.25. The number of carbonyl (C=O) groups excluding carboxylic acids is 1. The van der Waals surface area contributed by atoms with Crippen molar-refractivity contribution in [2.75, 3.05) is 27.2 Å². The van der Waals surface area contributed by atoms with Crippen LogP contribution in [0, 0.1) is 0 Å². The minimum Gasteiger partial charge on any atom is -0.345 e. The maximum atomic E-state index is 12.9. The van der Waals surface area contributed by atoms with Crippen LogP contribution >= 0.6 is 23.2 Å². The van der Waals surface area contributed by atoms with Gasteiger partial charge < -0.3 is 4.90 Å². The molecule has 1 aliphatic heterocycles. The molecule has 1 N–H and O–H groups in total. The van der Waals surface area contributed by atoms with Crippen LogP contribution in [0.2, 0.25) is 10.0 Å². The first-order valence-electron chi connectivity index (χ1n) is 10.1. The van der Waals surface area contributed by atoms with Crippen LogP contribution in [-0.4, -0.2) is 65.9 Å². The van der Waals surface area contributed by atoms with Crippen molar-refractivity contribution in [3.8, 4) is 11.4 Å². The van der Waals surface area contributed by atoms with Crippen LogP contribution in [0.1, 0.15) is 22.6 Å². The highest BCUT2D eigenvalue weighted by atomic mass is 35.5. The molecule has 0 bridgehead atoms. The molecule has 3 aromatic rings. The van der Waals surface area contributed by atoms with Crippen molar-refractivity contribution >= 4 is 44.7 Å². The maximum Gasteiger partial charge on any atom is 0.254 e. The monoisotopic (exact) mass is 505 g/mol. The minimum absolute atomic E-state index is 0.0959. The zero-order valence-corrected chi connectivity index (χ0v) is 20.2. The third-order valence-electron chi connectivity index (χ3n) is 5.28. The quantitative estimate of drug-likeness (QED) is 0.565. The summed E-state index contributed by atoms with van der Waals surface area (Å²) in [6.07, 6.45) is 2.28. The molecule has 172 valence electrons. The van der Waals surface area contributed by atoms with Gasteiger partial charge in [0.05, 0.1) is 15.6 Å². The van der Waals surface area contributed by atoms with Crippen LogP contribution in [0.25, 0.3) is 17.0 Å². The molecule has 0 saturated heterocycles. The number of aromatic nitrogens is 3. The largest absolute Gasteiger partial charge is 0.345 e. The molecule has 11 heteroatoms. The van der Waals surface area contributed by atoms with Crippen molar-refractivity contribution in [2.24, 2.45) is 0 Å². The Bertz CT molecular complexity index is 1350. The van der Waals surface area contributed by atoms with Gasteiger partial charge in [0.25, 0.3) is 5.91 Å². The summed E-state index contributed by atoms with van der Waals surface area (Å²) in [6.45, 7) is 0.495. The molecule has 8 nitrogen and oxygen atoms in total. The van der Waals surface area contributed by atoms with Crippen LogP contribution in [-0.2, 0) is 10.0 Å². The van der Waals surface area contributed by atoms with E-state index < -0.39 is 10.0 Å². The molecule has 0 unspecified atom stereocenters. The van der Waals surface area contributed by atoms with Gasteiger partial charge >= 0.3 is 0 Å². The number of carbonyl (C=O) groups is 1. The molecule has 0 atom stereocenters. The summed E-state index contributed by atoms with van der Waals surface area (Å²) in [6, 6.07) is 11.4. The second-order valence-corrected chi connectivity index (χ2v) is 10.4. The second-order valence-electron chi connectivity index (χ2n) is 7.67. The smallest absolute Gasteiger partial charge is 0.254 e. The van der Waals surface area contributed by atoms with Gasteiger partial charge in [0.2, 0.25) is 10.0 Å². The van der Waals surface area contributed by atoms with E-state index in [2.05, 4.69) is 15.2 Å². The van der Waals surface area contributed by atoms with E-state index in [1.54, 1.807) is 50.5 Å². The van der Waals surface area contributed by atoms with E-state index in [4.69, 9.17) is 23.2 Å². The van der Waals surface area contributed by atoms with Gasteiger partial charge in [-0.15, -0.1) is 0 Å². The number of amides is 1. The number of rotatable bonds is 5. The van der Waals surface area contributed by atoms with Crippen LogP contribution in [0.4, 0.5) is 0 Å². The van der Waals surface area contributed by atoms with Gasteiger partial charge in [-0.05, 0) is 36.3 Å². The number of hydrogen-bond donors (Lipinski definition) is 1. The molecule has 1 aliphatic rings. The number of sulfonamides is 1. The Morgan fingerprint density at radius 2 is 1.88 bits per heavy atom. The van der Waals surface area contributed by atoms with E-state index >= 15 is 0 Å². The molecule has 0 aliphatic carbocycles. The summed E-state index contributed by atoms with van der Waals surface area (Å²) in [4.78, 5) is 18.3. The first-order chi connectivity index (χ1) is 15.7. The Morgan fingerprint density at radius 3 is 2.52 bits per heavy atom. The number of aromatic amines is 1. The second kappa shape index (κ2) is 9.26. The highest BCUT2D eigenvalue weighted by Crippen LogP contribution is 2.29. The molecule has 1 aromatic heterocycles. The van der Waals surface area contributed by atoms with Crippen molar-refractivity contribution in [3.05, 3.63) is 70.0 Å². The molecule has 1 amide bonds. The Kier molecular flexibility index (Phi) is 6.58. The van der Waals surface area contributed by atoms with Crippen LogP contribution in [0.3, 0.4) is 0 Å². The Hall–Kier alpha value is -2.72. The van der Waals surface area contributed by atoms with E-state index in [1.165, 1.54) is 15.3 Å². The van der Waals surface area contributed by atoms with Crippen molar-refractivity contribution in [2.45, 2.75) is 11.3 Å². The first kappa shape index (κ1) is 23.4. The summed E-state index contributed by atoms with van der Waals surface area (Å²) in [5, 5.41) is 7.68. The summed E-state index contributed by atoms with van der Waals surface area (Å²) >= 11 is 12.4. The molecular formula is C22H21Cl2N5O3S. The SMILES string of the molecule is CN(C)C(=O)c1ccc(-c2n[nH]c(C3=CCN(S(=O)(=O)c4ccccc4Cl)CC3)n2)cc1Cl. The first-order valence-corrected chi connectivity index (χ1v) is 12.3. The molecule has 0 saturated carbocycles. The zero-order chi connectivity index (χ0) is 23.8. The molecule has 0 spiro atoms. The summed E-state index contributed by atoms with van der Waals surface area (Å²) in [5.74, 6) is 0.804. The Labute approximate surface area is 201 Å². The highest BCUT2D eigenvalue weighted by Gasteiger charge is 2.28. The predicted molar refractivity (Wildman–Crippen MR) is 128 cm³/mol. The third kappa shape index (κ3) is 4.67. The van der Waals surface area contributed by atoms with E-state index in [1.807, 2.05) is 6.08 Å². The molecule has 2 heterocycles. The maximum absolute atomic E-state index is 12.9. The summed E-state index contributed by atoms with van der Waals surface area (Å²) in [5.41, 5.74) is 1.93. The molecule has 0 radical (unpaired) electrons. The lowest BCUT2D eigenvalue weighted by molar-refractivity contribution is 0.0828. The van der Waals surface area contributed by atoms with Crippen molar-refractivity contribution < 1.29 is 13.2 Å². The fourth-order valence-electron chi connectivity index (χ4n) is 3.48. The zero-order valence-electron chi connectivity index (χ0n) is 17.9. The summed E-state index contributed by atoms with van der Waals surface area (Å²) in [7, 11) is -0.374. The third-order valence-corrected chi connectivity index (χ3v) is 7.96. The van der Waals surface area contributed by atoms with Crippen LogP contribution < -0.4 is 0 Å². The van der Waals surface area contributed by atoms with Gasteiger partial charge in [-0.2, -0.15) is 9.40 Å². The molecule has 33 heavy (non-hydrogen) atoms. The van der Waals surface area contributed by atoms with E-state index in [0.29, 0.717) is 40.8 Å².